The summed E-state index contributed by atoms with van der Waals surface area (Å²) >= 11 is 1.58. The Bertz CT molecular complexity index is 462. The van der Waals surface area contributed by atoms with Gasteiger partial charge in [0.15, 0.2) is 0 Å². The number of carbonyl (C=O) groups is 1. The largest absolute Gasteiger partial charge is 0.328 e. The fourth-order valence-electron chi connectivity index (χ4n) is 1.99. The smallest absolute Gasteiger partial charge is 0.237 e. The van der Waals surface area contributed by atoms with Gasteiger partial charge in [0.25, 0.3) is 0 Å². The van der Waals surface area contributed by atoms with Gasteiger partial charge in [0, 0.05) is 17.0 Å². The third kappa shape index (κ3) is 2.85. The van der Waals surface area contributed by atoms with E-state index in [1.54, 1.807) is 11.8 Å². The van der Waals surface area contributed by atoms with Crippen molar-refractivity contribution in [3.05, 3.63) is 23.8 Å². The zero-order chi connectivity index (χ0) is 13.3. The third-order valence-corrected chi connectivity index (χ3v) is 4.17. The van der Waals surface area contributed by atoms with Crippen LogP contribution in [0.15, 0.2) is 23.1 Å². The Kier molecular flexibility index (Phi) is 3.94. The Labute approximate surface area is 111 Å². The van der Waals surface area contributed by atoms with Gasteiger partial charge in [-0.3, -0.25) is 4.79 Å². The van der Waals surface area contributed by atoms with Crippen molar-refractivity contribution in [3.63, 3.8) is 0 Å². The first-order valence-corrected chi connectivity index (χ1v) is 6.98. The zero-order valence-electron chi connectivity index (χ0n) is 10.6. The summed E-state index contributed by atoms with van der Waals surface area (Å²) in [5, 5.41) is 2.87. The number of carbonyl (C=O) groups excluding carboxylic acids is 1. The molecule has 0 aliphatic carbocycles. The molecule has 0 saturated carbocycles. The van der Waals surface area contributed by atoms with Gasteiger partial charge in [-0.15, -0.1) is 11.8 Å². The number of thioether (sulfide) groups is 1. The standard InChI is InChI=1S/C13H19N3OS/c1-7(14)5-10(15)9-3-4-12-11(6-9)16-13(17)8(2)18-12/h3-4,6-8,10H,5,14-15H2,1-2H3,(H,16,17). The van der Waals surface area contributed by atoms with E-state index >= 15 is 0 Å². The lowest BCUT2D eigenvalue weighted by molar-refractivity contribution is -0.115. The van der Waals surface area contributed by atoms with E-state index in [1.807, 2.05) is 32.0 Å². The molecule has 4 nitrogen and oxygen atoms in total. The molecule has 3 unspecified atom stereocenters. The highest BCUT2D eigenvalue weighted by Crippen LogP contribution is 2.36. The highest BCUT2D eigenvalue weighted by atomic mass is 32.2. The Morgan fingerprint density at radius 1 is 1.44 bits per heavy atom. The van der Waals surface area contributed by atoms with E-state index in [2.05, 4.69) is 5.32 Å². The first kappa shape index (κ1) is 13.4. The van der Waals surface area contributed by atoms with Crippen LogP contribution in [0.1, 0.15) is 31.9 Å². The maximum absolute atomic E-state index is 11.6. The van der Waals surface area contributed by atoms with Crippen LogP contribution < -0.4 is 16.8 Å². The lowest BCUT2D eigenvalue weighted by Gasteiger charge is -2.23. The quantitative estimate of drug-likeness (QED) is 0.779. The first-order valence-electron chi connectivity index (χ1n) is 6.10. The van der Waals surface area contributed by atoms with E-state index in [0.29, 0.717) is 0 Å². The van der Waals surface area contributed by atoms with Crippen molar-refractivity contribution in [1.29, 1.82) is 0 Å². The number of hydrogen-bond acceptors (Lipinski definition) is 4. The number of fused-ring (bicyclic) bond motifs is 1. The molecular weight excluding hydrogens is 246 g/mol. The minimum absolute atomic E-state index is 0.0407. The summed E-state index contributed by atoms with van der Waals surface area (Å²) in [5.74, 6) is 0.0467. The molecule has 1 aromatic rings. The van der Waals surface area contributed by atoms with Gasteiger partial charge < -0.3 is 16.8 Å². The zero-order valence-corrected chi connectivity index (χ0v) is 11.5. The molecule has 0 fully saturated rings. The Morgan fingerprint density at radius 2 is 2.17 bits per heavy atom. The van der Waals surface area contributed by atoms with Crippen molar-refractivity contribution in [2.45, 2.75) is 42.5 Å². The summed E-state index contributed by atoms with van der Waals surface area (Å²) in [6.07, 6.45) is 0.732. The van der Waals surface area contributed by atoms with Crippen LogP contribution in [0.2, 0.25) is 0 Å². The van der Waals surface area contributed by atoms with Crippen LogP contribution in [0.5, 0.6) is 0 Å². The molecule has 1 aliphatic rings. The Morgan fingerprint density at radius 3 is 2.83 bits per heavy atom. The predicted octanol–water partition coefficient (Wildman–Crippen LogP) is 1.86. The van der Waals surface area contributed by atoms with Crippen molar-refractivity contribution < 1.29 is 4.79 Å². The molecule has 0 aromatic heterocycles. The van der Waals surface area contributed by atoms with Gasteiger partial charge in [0.05, 0.1) is 10.9 Å². The molecule has 1 aliphatic heterocycles. The van der Waals surface area contributed by atoms with E-state index in [9.17, 15) is 4.79 Å². The summed E-state index contributed by atoms with van der Waals surface area (Å²) in [4.78, 5) is 12.7. The summed E-state index contributed by atoms with van der Waals surface area (Å²) in [7, 11) is 0. The van der Waals surface area contributed by atoms with Crippen LogP contribution >= 0.6 is 11.8 Å². The maximum atomic E-state index is 11.6. The average molecular weight is 265 g/mol. The van der Waals surface area contributed by atoms with Crippen LogP contribution in [0.4, 0.5) is 5.69 Å². The molecule has 0 spiro atoms. The number of benzene rings is 1. The number of anilines is 1. The van der Waals surface area contributed by atoms with Gasteiger partial charge in [0.2, 0.25) is 5.91 Å². The van der Waals surface area contributed by atoms with E-state index in [4.69, 9.17) is 11.5 Å². The first-order chi connectivity index (χ1) is 8.47. The van der Waals surface area contributed by atoms with Crippen LogP contribution in [0, 0.1) is 0 Å². The molecular formula is C13H19N3OS. The van der Waals surface area contributed by atoms with E-state index in [-0.39, 0.29) is 23.2 Å². The Hall–Kier alpha value is -1.04. The summed E-state index contributed by atoms with van der Waals surface area (Å²) in [5.41, 5.74) is 13.7. The van der Waals surface area contributed by atoms with Crippen molar-refractivity contribution in [2.75, 3.05) is 5.32 Å². The highest BCUT2D eigenvalue weighted by molar-refractivity contribution is 8.00. The molecule has 1 aromatic carbocycles. The number of nitrogens with one attached hydrogen (secondary N) is 1. The topological polar surface area (TPSA) is 81.1 Å². The number of hydrogen-bond donors (Lipinski definition) is 3. The molecule has 3 atom stereocenters. The number of nitrogens with two attached hydrogens (primary N) is 2. The monoisotopic (exact) mass is 265 g/mol. The second kappa shape index (κ2) is 5.30. The number of amides is 1. The lowest BCUT2D eigenvalue weighted by Crippen LogP contribution is -2.27. The molecule has 1 heterocycles. The predicted molar refractivity (Wildman–Crippen MR) is 75.6 cm³/mol. The molecule has 98 valence electrons. The summed E-state index contributed by atoms with van der Waals surface area (Å²) in [6, 6.07) is 5.98. The van der Waals surface area contributed by atoms with E-state index in [0.717, 1.165) is 22.6 Å². The van der Waals surface area contributed by atoms with Crippen LogP contribution in [0.3, 0.4) is 0 Å². The highest BCUT2D eigenvalue weighted by Gasteiger charge is 2.23. The average Bonchev–Trinajstić information content (AvgIpc) is 2.29. The molecule has 18 heavy (non-hydrogen) atoms. The van der Waals surface area contributed by atoms with Gasteiger partial charge >= 0.3 is 0 Å². The van der Waals surface area contributed by atoms with Crippen LogP contribution in [-0.4, -0.2) is 17.2 Å². The lowest BCUT2D eigenvalue weighted by atomic mass is 10.0. The minimum Gasteiger partial charge on any atom is -0.328 e. The SMILES string of the molecule is CC(N)CC(N)c1ccc2c(c1)NC(=O)C(C)S2. The molecule has 5 heteroatoms. The van der Waals surface area contributed by atoms with Crippen LogP contribution in [0.25, 0.3) is 0 Å². The molecule has 5 N–H and O–H groups in total. The summed E-state index contributed by atoms with van der Waals surface area (Å²) < 4.78 is 0. The number of rotatable bonds is 3. The van der Waals surface area contributed by atoms with Crippen molar-refractivity contribution in [2.24, 2.45) is 11.5 Å². The van der Waals surface area contributed by atoms with Crippen molar-refractivity contribution in [3.8, 4) is 0 Å². The molecule has 0 saturated heterocycles. The molecule has 1 amide bonds. The normalized spacial score (nSPS) is 22.0. The fourth-order valence-corrected chi connectivity index (χ4v) is 2.92. The van der Waals surface area contributed by atoms with Gasteiger partial charge in [-0.05, 0) is 38.0 Å². The van der Waals surface area contributed by atoms with Gasteiger partial charge in [0.1, 0.15) is 0 Å². The second-order valence-electron chi connectivity index (χ2n) is 4.82. The van der Waals surface area contributed by atoms with Gasteiger partial charge in [-0.2, -0.15) is 0 Å². The molecule has 0 radical (unpaired) electrons. The van der Waals surface area contributed by atoms with Gasteiger partial charge in [-0.25, -0.2) is 0 Å². The van der Waals surface area contributed by atoms with Gasteiger partial charge in [-0.1, -0.05) is 6.07 Å². The third-order valence-electron chi connectivity index (χ3n) is 2.99. The van der Waals surface area contributed by atoms with Crippen molar-refractivity contribution in [1.82, 2.24) is 0 Å². The molecule has 0 bridgehead atoms. The summed E-state index contributed by atoms with van der Waals surface area (Å²) in [6.45, 7) is 3.84. The van der Waals surface area contributed by atoms with Crippen LogP contribution in [-0.2, 0) is 4.79 Å². The van der Waals surface area contributed by atoms with Crippen molar-refractivity contribution >= 4 is 23.4 Å². The van der Waals surface area contributed by atoms with E-state index in [1.165, 1.54) is 0 Å². The maximum Gasteiger partial charge on any atom is 0.237 e. The minimum atomic E-state index is -0.0865. The molecule has 2 rings (SSSR count). The fraction of sp³-hybridized carbons (Fsp3) is 0.462. The van der Waals surface area contributed by atoms with E-state index < -0.39 is 0 Å². The second-order valence-corrected chi connectivity index (χ2v) is 6.21. The Balaban J connectivity index is 2.22.